The third kappa shape index (κ3) is 5.14. The molecule has 0 aromatic heterocycles. The topological polar surface area (TPSA) is 18.5 Å². The van der Waals surface area contributed by atoms with Crippen LogP contribution in [0.15, 0.2) is 18.2 Å². The zero-order valence-electron chi connectivity index (χ0n) is 17.3. The van der Waals surface area contributed by atoms with Crippen LogP contribution in [0.25, 0.3) is 5.57 Å². The molecular formula is C24H34F2O2. The van der Waals surface area contributed by atoms with Crippen molar-refractivity contribution >= 4 is 5.57 Å². The highest BCUT2D eigenvalue weighted by Crippen LogP contribution is 2.38. The fourth-order valence-electron chi connectivity index (χ4n) is 4.68. The molecule has 1 atom stereocenters. The minimum Gasteiger partial charge on any atom is -0.491 e. The third-order valence-electron chi connectivity index (χ3n) is 6.38. The summed E-state index contributed by atoms with van der Waals surface area (Å²) in [6, 6.07) is 3.10. The van der Waals surface area contributed by atoms with Gasteiger partial charge in [-0.05, 0) is 55.7 Å². The van der Waals surface area contributed by atoms with Crippen LogP contribution in [0.1, 0.15) is 77.2 Å². The van der Waals surface area contributed by atoms with Gasteiger partial charge in [-0.25, -0.2) is 4.39 Å². The Kier molecular flexibility index (Phi) is 7.90. The largest absolute Gasteiger partial charge is 0.491 e. The Morgan fingerprint density at radius 2 is 1.82 bits per heavy atom. The van der Waals surface area contributed by atoms with Crippen molar-refractivity contribution in [2.75, 3.05) is 13.2 Å². The van der Waals surface area contributed by atoms with Gasteiger partial charge in [0, 0.05) is 5.56 Å². The molecule has 1 unspecified atom stereocenters. The van der Waals surface area contributed by atoms with Crippen LogP contribution in [-0.2, 0) is 4.74 Å². The molecule has 1 heterocycles. The minimum absolute atomic E-state index is 0.0327. The third-order valence-corrected chi connectivity index (χ3v) is 6.38. The molecule has 2 nitrogen and oxygen atoms in total. The second-order valence-corrected chi connectivity index (χ2v) is 8.26. The summed E-state index contributed by atoms with van der Waals surface area (Å²) < 4.78 is 39.8. The van der Waals surface area contributed by atoms with Crippen LogP contribution in [-0.4, -0.2) is 19.3 Å². The number of unbranched alkanes of at least 4 members (excludes halogenated alkanes) is 2. The summed E-state index contributed by atoms with van der Waals surface area (Å²) in [5.41, 5.74) is 1.03. The lowest BCUT2D eigenvalue weighted by molar-refractivity contribution is 0.00848. The molecule has 1 aromatic rings. The molecule has 1 aromatic carbocycles. The van der Waals surface area contributed by atoms with Crippen LogP contribution < -0.4 is 4.74 Å². The van der Waals surface area contributed by atoms with Crippen molar-refractivity contribution in [3.05, 3.63) is 35.4 Å². The van der Waals surface area contributed by atoms with E-state index in [0.717, 1.165) is 17.9 Å². The van der Waals surface area contributed by atoms with E-state index in [1.807, 2.05) is 6.08 Å². The normalized spacial score (nSPS) is 25.4. The predicted molar refractivity (Wildman–Crippen MR) is 109 cm³/mol. The molecule has 3 rings (SSSR count). The summed E-state index contributed by atoms with van der Waals surface area (Å²) >= 11 is 0. The van der Waals surface area contributed by atoms with E-state index < -0.39 is 11.6 Å². The van der Waals surface area contributed by atoms with Crippen LogP contribution in [0, 0.1) is 23.5 Å². The maximum Gasteiger partial charge on any atom is 0.201 e. The molecule has 0 N–H and O–H groups in total. The molecular weight excluding hydrogens is 358 g/mol. The van der Waals surface area contributed by atoms with E-state index in [-0.39, 0.29) is 11.9 Å². The van der Waals surface area contributed by atoms with E-state index >= 15 is 0 Å². The molecule has 4 heteroatoms. The quantitative estimate of drug-likeness (QED) is 0.447. The lowest BCUT2D eigenvalue weighted by atomic mass is 9.76. The minimum atomic E-state index is -0.913. The van der Waals surface area contributed by atoms with E-state index in [4.69, 9.17) is 9.47 Å². The molecule has 0 spiro atoms. The van der Waals surface area contributed by atoms with Gasteiger partial charge in [0.1, 0.15) is 0 Å². The first-order valence-electron chi connectivity index (χ1n) is 11.1. The summed E-state index contributed by atoms with van der Waals surface area (Å²) in [5.74, 6) is -0.300. The van der Waals surface area contributed by atoms with Crippen molar-refractivity contribution in [1.82, 2.24) is 0 Å². The second kappa shape index (κ2) is 10.4. The van der Waals surface area contributed by atoms with Crippen LogP contribution in [0.4, 0.5) is 8.78 Å². The number of halogens is 2. The van der Waals surface area contributed by atoms with Gasteiger partial charge in [-0.2, -0.15) is 4.39 Å². The summed E-state index contributed by atoms with van der Waals surface area (Å²) in [4.78, 5) is 0. The average Bonchev–Trinajstić information content (AvgIpc) is 2.73. The van der Waals surface area contributed by atoms with Gasteiger partial charge >= 0.3 is 0 Å². The van der Waals surface area contributed by atoms with Crippen LogP contribution in [0.3, 0.4) is 0 Å². The fourth-order valence-corrected chi connectivity index (χ4v) is 4.68. The smallest absolute Gasteiger partial charge is 0.201 e. The Balaban J connectivity index is 1.55. The molecule has 0 saturated heterocycles. The molecule has 1 aliphatic carbocycles. The number of ether oxygens (including phenoxy) is 2. The standard InChI is InChI=1S/C24H34F2O2/c1-3-5-6-7-17-8-10-18(11-9-17)21-14-12-19(16-28-21)20-13-15-22(27-4-2)24(26)23(20)25/h12-13,15,17-18,21H,3-11,14,16H2,1-2H3. The molecule has 156 valence electrons. The zero-order chi connectivity index (χ0) is 19.9. The van der Waals surface area contributed by atoms with Gasteiger partial charge in [-0.3, -0.25) is 0 Å². The SMILES string of the molecule is CCCCCC1CCC(C2CC=C(c3ccc(OCC)c(F)c3F)CO2)CC1. The lowest BCUT2D eigenvalue weighted by Crippen LogP contribution is -2.30. The zero-order valence-corrected chi connectivity index (χ0v) is 17.3. The Labute approximate surface area is 168 Å². The second-order valence-electron chi connectivity index (χ2n) is 8.26. The first-order chi connectivity index (χ1) is 13.6. The number of rotatable bonds is 8. The van der Waals surface area contributed by atoms with Crippen molar-refractivity contribution in [3.8, 4) is 5.75 Å². The summed E-state index contributed by atoms with van der Waals surface area (Å²) in [6.45, 7) is 4.67. The van der Waals surface area contributed by atoms with E-state index in [2.05, 4.69) is 6.92 Å². The molecule has 28 heavy (non-hydrogen) atoms. The average molecular weight is 393 g/mol. The van der Waals surface area contributed by atoms with E-state index in [1.54, 1.807) is 13.0 Å². The van der Waals surface area contributed by atoms with Gasteiger partial charge in [0.2, 0.25) is 5.82 Å². The van der Waals surface area contributed by atoms with Crippen LogP contribution in [0.2, 0.25) is 0 Å². The molecule has 0 radical (unpaired) electrons. The monoisotopic (exact) mass is 392 g/mol. The summed E-state index contributed by atoms with van der Waals surface area (Å²) in [5, 5.41) is 0. The highest BCUT2D eigenvalue weighted by atomic mass is 19.2. The Morgan fingerprint density at radius 3 is 2.46 bits per heavy atom. The fraction of sp³-hybridized carbons (Fsp3) is 0.667. The van der Waals surface area contributed by atoms with E-state index in [0.29, 0.717) is 24.7 Å². The number of hydrogen-bond acceptors (Lipinski definition) is 2. The van der Waals surface area contributed by atoms with Crippen LogP contribution >= 0.6 is 0 Å². The van der Waals surface area contributed by atoms with Gasteiger partial charge in [-0.15, -0.1) is 0 Å². The molecule has 1 saturated carbocycles. The molecule has 0 amide bonds. The highest BCUT2D eigenvalue weighted by molar-refractivity contribution is 5.68. The predicted octanol–water partition coefficient (Wildman–Crippen LogP) is 6.92. The molecule has 1 aliphatic heterocycles. The van der Waals surface area contributed by atoms with Crippen molar-refractivity contribution in [2.45, 2.75) is 77.7 Å². The van der Waals surface area contributed by atoms with E-state index in [9.17, 15) is 8.78 Å². The number of benzene rings is 1. The lowest BCUT2D eigenvalue weighted by Gasteiger charge is -2.35. The maximum atomic E-state index is 14.4. The first-order valence-corrected chi connectivity index (χ1v) is 11.1. The van der Waals surface area contributed by atoms with Gasteiger partial charge in [0.05, 0.1) is 19.3 Å². The van der Waals surface area contributed by atoms with Crippen molar-refractivity contribution < 1.29 is 18.3 Å². The van der Waals surface area contributed by atoms with Gasteiger partial charge in [0.15, 0.2) is 11.6 Å². The van der Waals surface area contributed by atoms with Gasteiger partial charge in [-0.1, -0.05) is 51.5 Å². The van der Waals surface area contributed by atoms with Gasteiger partial charge in [0.25, 0.3) is 0 Å². The molecule has 0 bridgehead atoms. The van der Waals surface area contributed by atoms with E-state index in [1.165, 1.54) is 57.4 Å². The maximum absolute atomic E-state index is 14.4. The molecule has 1 fully saturated rings. The van der Waals surface area contributed by atoms with Crippen molar-refractivity contribution in [1.29, 1.82) is 0 Å². The Hall–Kier alpha value is -1.42. The Bertz CT molecular complexity index is 663. The number of hydrogen-bond donors (Lipinski definition) is 0. The Morgan fingerprint density at radius 1 is 1.04 bits per heavy atom. The first kappa shape index (κ1) is 21.3. The summed E-state index contributed by atoms with van der Waals surface area (Å²) in [6.07, 6.45) is 13.5. The highest BCUT2D eigenvalue weighted by Gasteiger charge is 2.30. The van der Waals surface area contributed by atoms with Gasteiger partial charge < -0.3 is 9.47 Å². The molecule has 2 aliphatic rings. The van der Waals surface area contributed by atoms with Crippen molar-refractivity contribution in [2.24, 2.45) is 11.8 Å². The summed E-state index contributed by atoms with van der Waals surface area (Å²) in [7, 11) is 0. The van der Waals surface area contributed by atoms with Crippen molar-refractivity contribution in [3.63, 3.8) is 0 Å². The van der Waals surface area contributed by atoms with Crippen LogP contribution in [0.5, 0.6) is 5.75 Å².